The number of carbonyl (C=O) groups is 1. The minimum absolute atomic E-state index is 0.112. The van der Waals surface area contributed by atoms with E-state index in [1.165, 1.54) is 11.3 Å². The molecule has 0 amide bonds. The SMILES string of the molecule is COc1cccc(-c2nc(COC(=O)c3ccc[nH]3)cs2)c1OC. The number of hydrogen-bond donors (Lipinski definition) is 1. The summed E-state index contributed by atoms with van der Waals surface area (Å²) in [5.41, 5.74) is 1.93. The maximum Gasteiger partial charge on any atom is 0.355 e. The van der Waals surface area contributed by atoms with E-state index < -0.39 is 5.97 Å². The Morgan fingerprint density at radius 1 is 1.21 bits per heavy atom. The van der Waals surface area contributed by atoms with Gasteiger partial charge in [-0.25, -0.2) is 9.78 Å². The maximum absolute atomic E-state index is 11.8. The van der Waals surface area contributed by atoms with Crippen LogP contribution in [0.15, 0.2) is 41.9 Å². The van der Waals surface area contributed by atoms with E-state index in [4.69, 9.17) is 14.2 Å². The van der Waals surface area contributed by atoms with Gasteiger partial charge in [0.05, 0.1) is 25.5 Å². The summed E-state index contributed by atoms with van der Waals surface area (Å²) in [6.07, 6.45) is 1.67. The average molecular weight is 344 g/mol. The Bertz CT molecular complexity index is 827. The fourth-order valence-corrected chi connectivity index (χ4v) is 3.05. The number of H-pyrrole nitrogens is 1. The number of nitrogens with one attached hydrogen (secondary N) is 1. The van der Waals surface area contributed by atoms with Crippen molar-refractivity contribution in [2.45, 2.75) is 6.61 Å². The molecule has 0 aliphatic carbocycles. The summed E-state index contributed by atoms with van der Waals surface area (Å²) < 4.78 is 16.0. The Morgan fingerprint density at radius 3 is 2.79 bits per heavy atom. The van der Waals surface area contributed by atoms with Crippen LogP contribution in [0.3, 0.4) is 0 Å². The van der Waals surface area contributed by atoms with Crippen molar-refractivity contribution in [3.05, 3.63) is 53.3 Å². The van der Waals surface area contributed by atoms with E-state index in [1.807, 2.05) is 23.6 Å². The van der Waals surface area contributed by atoms with Gasteiger partial charge in [0.2, 0.25) is 0 Å². The molecule has 0 saturated heterocycles. The smallest absolute Gasteiger partial charge is 0.355 e. The van der Waals surface area contributed by atoms with Crippen molar-refractivity contribution in [3.8, 4) is 22.1 Å². The zero-order chi connectivity index (χ0) is 16.9. The largest absolute Gasteiger partial charge is 0.493 e. The fourth-order valence-electron chi connectivity index (χ4n) is 2.23. The van der Waals surface area contributed by atoms with Crippen LogP contribution in [0.2, 0.25) is 0 Å². The molecule has 0 spiro atoms. The van der Waals surface area contributed by atoms with Crippen molar-refractivity contribution in [1.82, 2.24) is 9.97 Å². The lowest BCUT2D eigenvalue weighted by Gasteiger charge is -2.10. The highest BCUT2D eigenvalue weighted by Crippen LogP contribution is 2.38. The molecule has 0 saturated carbocycles. The van der Waals surface area contributed by atoms with E-state index in [2.05, 4.69) is 9.97 Å². The van der Waals surface area contributed by atoms with Gasteiger partial charge >= 0.3 is 5.97 Å². The van der Waals surface area contributed by atoms with Crippen LogP contribution >= 0.6 is 11.3 Å². The Kier molecular flexibility index (Phi) is 4.81. The third kappa shape index (κ3) is 3.26. The molecule has 1 N–H and O–H groups in total. The zero-order valence-electron chi connectivity index (χ0n) is 13.2. The van der Waals surface area contributed by atoms with Crippen molar-refractivity contribution in [3.63, 3.8) is 0 Å². The van der Waals surface area contributed by atoms with Crippen molar-refractivity contribution in [2.75, 3.05) is 14.2 Å². The summed E-state index contributed by atoms with van der Waals surface area (Å²) in [6, 6.07) is 9.02. The predicted octanol–water partition coefficient (Wildman–Crippen LogP) is 3.51. The van der Waals surface area contributed by atoms with E-state index in [0.29, 0.717) is 22.9 Å². The second kappa shape index (κ2) is 7.18. The highest BCUT2D eigenvalue weighted by molar-refractivity contribution is 7.13. The van der Waals surface area contributed by atoms with Crippen LogP contribution in [-0.4, -0.2) is 30.2 Å². The summed E-state index contributed by atoms with van der Waals surface area (Å²) in [7, 11) is 3.18. The molecule has 0 aliphatic rings. The van der Waals surface area contributed by atoms with Gasteiger partial charge in [0.15, 0.2) is 11.5 Å². The summed E-state index contributed by atoms with van der Waals surface area (Å²) in [4.78, 5) is 19.1. The number of aromatic nitrogens is 2. The number of methoxy groups -OCH3 is 2. The molecule has 2 heterocycles. The van der Waals surface area contributed by atoms with Gasteiger partial charge < -0.3 is 19.2 Å². The number of carbonyl (C=O) groups excluding carboxylic acids is 1. The normalized spacial score (nSPS) is 10.4. The molecule has 2 aromatic heterocycles. The van der Waals surface area contributed by atoms with Crippen LogP contribution in [0.5, 0.6) is 11.5 Å². The summed E-state index contributed by atoms with van der Waals surface area (Å²) in [5, 5.41) is 2.63. The van der Waals surface area contributed by atoms with E-state index in [0.717, 1.165) is 10.6 Å². The standard InChI is InChI=1S/C17H16N2O4S/c1-21-14-7-3-5-12(15(14)22-2)16-19-11(10-24-16)9-23-17(20)13-6-4-8-18-13/h3-8,10,18H,9H2,1-2H3. The number of hydrogen-bond acceptors (Lipinski definition) is 6. The number of esters is 1. The second-order valence-electron chi connectivity index (χ2n) is 4.85. The van der Waals surface area contributed by atoms with E-state index in [9.17, 15) is 4.79 Å². The molecular formula is C17H16N2O4S. The molecule has 124 valence electrons. The molecule has 3 rings (SSSR count). The first-order chi connectivity index (χ1) is 11.7. The molecule has 6 nitrogen and oxygen atoms in total. The molecule has 0 bridgehead atoms. The first-order valence-electron chi connectivity index (χ1n) is 7.19. The molecule has 7 heteroatoms. The Labute approximate surface area is 143 Å². The van der Waals surface area contributed by atoms with Gasteiger partial charge in [-0.05, 0) is 24.3 Å². The number of aromatic amines is 1. The van der Waals surface area contributed by atoms with Crippen molar-refractivity contribution in [1.29, 1.82) is 0 Å². The first-order valence-corrected chi connectivity index (χ1v) is 8.07. The summed E-state index contributed by atoms with van der Waals surface area (Å²) >= 11 is 1.45. The fraction of sp³-hybridized carbons (Fsp3) is 0.176. The lowest BCUT2D eigenvalue weighted by Crippen LogP contribution is -2.05. The average Bonchev–Trinajstić information content (AvgIpc) is 3.30. The van der Waals surface area contributed by atoms with E-state index >= 15 is 0 Å². The molecule has 0 radical (unpaired) electrons. The number of ether oxygens (including phenoxy) is 3. The zero-order valence-corrected chi connectivity index (χ0v) is 14.1. The third-order valence-electron chi connectivity index (χ3n) is 3.35. The van der Waals surface area contributed by atoms with Crippen LogP contribution in [-0.2, 0) is 11.3 Å². The van der Waals surface area contributed by atoms with Crippen LogP contribution in [0.1, 0.15) is 16.2 Å². The highest BCUT2D eigenvalue weighted by atomic mass is 32.1. The second-order valence-corrected chi connectivity index (χ2v) is 5.70. The first kappa shape index (κ1) is 16.1. The molecule has 0 unspecified atom stereocenters. The van der Waals surface area contributed by atoms with Gasteiger partial charge in [-0.3, -0.25) is 0 Å². The summed E-state index contributed by atoms with van der Waals surface area (Å²) in [5.74, 6) is 0.864. The van der Waals surface area contributed by atoms with E-state index in [1.54, 1.807) is 32.5 Å². The van der Waals surface area contributed by atoms with Gasteiger partial charge in [0.25, 0.3) is 0 Å². The maximum atomic E-state index is 11.8. The van der Waals surface area contributed by atoms with Gasteiger partial charge in [0.1, 0.15) is 17.3 Å². The Balaban J connectivity index is 1.75. The van der Waals surface area contributed by atoms with Crippen LogP contribution < -0.4 is 9.47 Å². The lowest BCUT2D eigenvalue weighted by atomic mass is 10.2. The van der Waals surface area contributed by atoms with Crippen molar-refractivity contribution >= 4 is 17.3 Å². The van der Waals surface area contributed by atoms with Gasteiger partial charge in [0, 0.05) is 11.6 Å². The van der Waals surface area contributed by atoms with Crippen LogP contribution in [0.25, 0.3) is 10.6 Å². The van der Waals surface area contributed by atoms with E-state index in [-0.39, 0.29) is 6.61 Å². The third-order valence-corrected chi connectivity index (χ3v) is 4.28. The molecule has 0 aliphatic heterocycles. The Morgan fingerprint density at radius 2 is 2.08 bits per heavy atom. The number of benzene rings is 1. The monoisotopic (exact) mass is 344 g/mol. The topological polar surface area (TPSA) is 73.4 Å². The van der Waals surface area contributed by atoms with Gasteiger partial charge in [-0.1, -0.05) is 6.07 Å². The molecule has 0 fully saturated rings. The Hall–Kier alpha value is -2.80. The van der Waals surface area contributed by atoms with Gasteiger partial charge in [-0.2, -0.15) is 0 Å². The van der Waals surface area contributed by atoms with Gasteiger partial charge in [-0.15, -0.1) is 11.3 Å². The molecular weight excluding hydrogens is 328 g/mol. The molecule has 24 heavy (non-hydrogen) atoms. The minimum atomic E-state index is -0.409. The van der Waals surface area contributed by atoms with Crippen LogP contribution in [0, 0.1) is 0 Å². The number of para-hydroxylation sites is 1. The molecule has 3 aromatic rings. The number of nitrogens with zero attached hydrogens (tertiary/aromatic N) is 1. The number of rotatable bonds is 6. The minimum Gasteiger partial charge on any atom is -0.493 e. The quantitative estimate of drug-likeness (QED) is 0.693. The van der Waals surface area contributed by atoms with Crippen molar-refractivity contribution < 1.29 is 19.0 Å². The molecule has 1 aromatic carbocycles. The predicted molar refractivity (Wildman–Crippen MR) is 90.6 cm³/mol. The summed E-state index contributed by atoms with van der Waals surface area (Å²) in [6.45, 7) is 0.112. The van der Waals surface area contributed by atoms with Crippen molar-refractivity contribution in [2.24, 2.45) is 0 Å². The lowest BCUT2D eigenvalue weighted by molar-refractivity contribution is 0.0462. The van der Waals surface area contributed by atoms with Crippen LogP contribution in [0.4, 0.5) is 0 Å². The molecule has 0 atom stereocenters. The highest BCUT2D eigenvalue weighted by Gasteiger charge is 2.15. The number of thiazole rings is 1.